The van der Waals surface area contributed by atoms with E-state index in [0.29, 0.717) is 44.8 Å². The van der Waals surface area contributed by atoms with Gasteiger partial charge in [-0.25, -0.2) is 0 Å². The Morgan fingerprint density at radius 1 is 0.840 bits per heavy atom. The van der Waals surface area contributed by atoms with Crippen LogP contribution in [0.5, 0.6) is 23.0 Å². The summed E-state index contributed by atoms with van der Waals surface area (Å²) in [5, 5.41) is 10.5. The minimum Gasteiger partial charge on any atom is -0.503 e. The van der Waals surface area contributed by atoms with Crippen molar-refractivity contribution in [3.8, 4) is 23.0 Å². The molecule has 2 amide bonds. The van der Waals surface area contributed by atoms with Crippen LogP contribution in [0.4, 0.5) is 5.69 Å². The predicted molar refractivity (Wildman–Crippen MR) is 194 cm³/mol. The average Bonchev–Trinajstić information content (AvgIpc) is 3.38. The van der Waals surface area contributed by atoms with Gasteiger partial charge in [0.2, 0.25) is 11.8 Å². The first-order valence-electron chi connectivity index (χ1n) is 15.9. The molecule has 1 N–H and O–H groups in total. The van der Waals surface area contributed by atoms with E-state index in [-0.39, 0.29) is 45.8 Å². The Morgan fingerprint density at radius 3 is 2.28 bits per heavy atom. The van der Waals surface area contributed by atoms with Crippen molar-refractivity contribution >= 4 is 73.1 Å². The number of anilines is 1. The topological polar surface area (TPSA) is 119 Å². The number of phenolic OH excluding ortho intramolecular Hbond substituents is 1. The molecule has 254 valence electrons. The number of allylic oxidation sites excluding steroid dienone is 6. The lowest BCUT2D eigenvalue weighted by atomic mass is 9.59. The fraction of sp³-hybridized carbons (Fsp3) is 0.231. The molecule has 1 heterocycles. The van der Waals surface area contributed by atoms with E-state index in [0.717, 1.165) is 16.7 Å². The number of aromatic hydroxyl groups is 1. The Bertz CT molecular complexity index is 2110. The highest BCUT2D eigenvalue weighted by Crippen LogP contribution is 2.56. The number of phenols is 1. The van der Waals surface area contributed by atoms with Gasteiger partial charge >= 0.3 is 0 Å². The zero-order valence-electron chi connectivity index (χ0n) is 27.2. The summed E-state index contributed by atoms with van der Waals surface area (Å²) in [6.45, 7) is 0. The van der Waals surface area contributed by atoms with Crippen molar-refractivity contribution in [2.75, 3.05) is 26.2 Å². The first kappa shape index (κ1) is 33.7. The number of ether oxygens (including phenoxy) is 3. The van der Waals surface area contributed by atoms with Gasteiger partial charge in [-0.3, -0.25) is 24.1 Å². The summed E-state index contributed by atoms with van der Waals surface area (Å²) in [6.07, 6.45) is 7.49. The van der Waals surface area contributed by atoms with Crippen LogP contribution < -0.4 is 19.1 Å². The molecule has 0 unspecified atom stereocenters. The highest BCUT2D eigenvalue weighted by atomic mass is 79.9. The molecular formula is C39H31Br2NO8. The van der Waals surface area contributed by atoms with Crippen LogP contribution in [-0.2, 0) is 19.2 Å². The molecule has 3 aromatic carbocycles. The summed E-state index contributed by atoms with van der Waals surface area (Å²) in [5.74, 6) is -2.32. The Morgan fingerprint density at radius 2 is 1.58 bits per heavy atom. The van der Waals surface area contributed by atoms with Gasteiger partial charge in [0, 0.05) is 28.7 Å². The van der Waals surface area contributed by atoms with Crippen molar-refractivity contribution in [3.63, 3.8) is 0 Å². The number of fused-ring (bicyclic) bond motifs is 3. The maximum absolute atomic E-state index is 14.3. The Kier molecular flexibility index (Phi) is 8.90. The van der Waals surface area contributed by atoms with E-state index in [2.05, 4.69) is 31.9 Å². The molecule has 1 aliphatic heterocycles. The minimum atomic E-state index is -0.728. The van der Waals surface area contributed by atoms with E-state index >= 15 is 0 Å². The van der Waals surface area contributed by atoms with E-state index in [9.17, 15) is 24.3 Å². The summed E-state index contributed by atoms with van der Waals surface area (Å²) < 4.78 is 16.7. The zero-order chi connectivity index (χ0) is 35.4. The fourth-order valence-corrected chi connectivity index (χ4v) is 8.55. The maximum Gasteiger partial charge on any atom is 0.238 e. The second-order valence-electron chi connectivity index (χ2n) is 12.5. The third kappa shape index (κ3) is 5.52. The van der Waals surface area contributed by atoms with E-state index in [1.807, 2.05) is 48.6 Å². The van der Waals surface area contributed by atoms with Crippen LogP contribution in [0.3, 0.4) is 0 Å². The molecular weight excluding hydrogens is 770 g/mol. The molecule has 0 spiro atoms. The normalized spacial score (nSPS) is 23.0. The van der Waals surface area contributed by atoms with Gasteiger partial charge in [0.1, 0.15) is 11.5 Å². The van der Waals surface area contributed by atoms with Crippen LogP contribution in [0.15, 0.2) is 92.4 Å². The lowest BCUT2D eigenvalue weighted by Crippen LogP contribution is -2.39. The van der Waals surface area contributed by atoms with Crippen LogP contribution in [0, 0.1) is 17.8 Å². The lowest BCUT2D eigenvalue weighted by Gasteiger charge is -2.42. The number of halogens is 2. The van der Waals surface area contributed by atoms with Gasteiger partial charge in [-0.05, 0) is 104 Å². The van der Waals surface area contributed by atoms with Crippen molar-refractivity contribution < 1.29 is 38.5 Å². The van der Waals surface area contributed by atoms with Gasteiger partial charge in [0.25, 0.3) is 0 Å². The molecule has 0 saturated carbocycles. The van der Waals surface area contributed by atoms with Crippen LogP contribution >= 0.6 is 31.9 Å². The molecule has 3 aliphatic carbocycles. The van der Waals surface area contributed by atoms with E-state index < -0.39 is 23.7 Å². The quantitative estimate of drug-likeness (QED) is 0.114. The van der Waals surface area contributed by atoms with Crippen LogP contribution in [0.25, 0.3) is 12.2 Å². The molecule has 0 bridgehead atoms. The molecule has 7 rings (SSSR count). The van der Waals surface area contributed by atoms with Gasteiger partial charge in [-0.15, -0.1) is 0 Å². The molecule has 1 fully saturated rings. The number of hydrogen-bond acceptors (Lipinski definition) is 8. The lowest BCUT2D eigenvalue weighted by molar-refractivity contribution is -0.123. The second-order valence-corrected chi connectivity index (χ2v) is 14.2. The Hall–Kier alpha value is -4.74. The summed E-state index contributed by atoms with van der Waals surface area (Å²) in [4.78, 5) is 56.7. The molecule has 9 nitrogen and oxygen atoms in total. The van der Waals surface area contributed by atoms with Crippen molar-refractivity contribution in [1.29, 1.82) is 0 Å². The predicted octanol–water partition coefficient (Wildman–Crippen LogP) is 7.32. The van der Waals surface area contributed by atoms with E-state index in [1.54, 1.807) is 38.5 Å². The van der Waals surface area contributed by atoms with Crippen LogP contribution in [0.2, 0.25) is 0 Å². The third-order valence-electron chi connectivity index (χ3n) is 9.98. The first-order chi connectivity index (χ1) is 24.1. The van der Waals surface area contributed by atoms with Gasteiger partial charge in [0.15, 0.2) is 23.1 Å². The van der Waals surface area contributed by atoms with Crippen LogP contribution in [0.1, 0.15) is 35.4 Å². The summed E-state index contributed by atoms with van der Waals surface area (Å²) >= 11 is 6.66. The smallest absolute Gasteiger partial charge is 0.238 e. The first-order valence-corrected chi connectivity index (χ1v) is 17.5. The van der Waals surface area contributed by atoms with Gasteiger partial charge < -0.3 is 19.3 Å². The fourth-order valence-electron chi connectivity index (χ4n) is 7.65. The van der Waals surface area contributed by atoms with Gasteiger partial charge in [-0.2, -0.15) is 0 Å². The molecule has 11 heteroatoms. The molecule has 50 heavy (non-hydrogen) atoms. The van der Waals surface area contributed by atoms with E-state index in [4.69, 9.17) is 14.2 Å². The average molecular weight is 801 g/mol. The summed E-state index contributed by atoms with van der Waals surface area (Å²) in [6, 6.07) is 16.0. The number of carbonyl (C=O) groups is 4. The monoisotopic (exact) mass is 799 g/mol. The third-order valence-corrected chi connectivity index (χ3v) is 11.2. The van der Waals surface area contributed by atoms with Crippen molar-refractivity contribution in [2.45, 2.75) is 18.8 Å². The molecule has 1 saturated heterocycles. The van der Waals surface area contributed by atoms with Gasteiger partial charge in [0.05, 0.1) is 47.8 Å². The second kappa shape index (κ2) is 13.2. The number of imide groups is 1. The van der Waals surface area contributed by atoms with Crippen molar-refractivity contribution in [1.82, 2.24) is 0 Å². The number of hydrogen-bond donors (Lipinski definition) is 1. The SMILES string of the molecule is COc1ccc(OC)c(C=Cc2ccc(N3C(=O)[C@H]4[C@H](CC=C5[C@H](c6cc(Br)c(O)c(OC)c6)C6=C(C[C@H]54)C(=O)C(Br)=CC6=O)C3=O)cc2)c1. The van der Waals surface area contributed by atoms with E-state index in [1.165, 1.54) is 18.1 Å². The molecule has 0 aromatic heterocycles. The maximum atomic E-state index is 14.3. The number of methoxy groups -OCH3 is 3. The standard InChI is InChI=1S/C39H31Br2NO8/c1-48-23-10-13-31(49-2)20(14-23)7-4-19-5-8-22(9-6-19)42-38(46)25-12-11-24-26(34(25)39(42)47)17-27-35(30(43)18-29(41)36(27)44)33(24)21-15-28(40)37(45)32(16-21)50-3/h4-11,13-16,18,25-26,33-34,45H,12,17H2,1-3H3/t25-,26+,33-,34-/m0/s1. The van der Waals surface area contributed by atoms with Gasteiger partial charge in [-0.1, -0.05) is 35.9 Å². The van der Waals surface area contributed by atoms with Crippen molar-refractivity contribution in [2.24, 2.45) is 17.8 Å². The minimum absolute atomic E-state index is 0.0991. The Labute approximate surface area is 305 Å². The van der Waals surface area contributed by atoms with Crippen LogP contribution in [-0.4, -0.2) is 49.8 Å². The molecule has 4 aliphatic rings. The number of Topliss-reactive ketones (excluding diaryl/α,β-unsaturated/α-hetero) is 1. The molecule has 0 radical (unpaired) electrons. The summed E-state index contributed by atoms with van der Waals surface area (Å²) in [7, 11) is 4.63. The number of ketones is 2. The zero-order valence-corrected chi connectivity index (χ0v) is 30.4. The highest BCUT2D eigenvalue weighted by molar-refractivity contribution is 9.12. The van der Waals surface area contributed by atoms with Crippen molar-refractivity contribution in [3.05, 3.63) is 109 Å². The number of rotatable bonds is 7. The molecule has 4 atom stereocenters. The largest absolute Gasteiger partial charge is 0.503 e. The number of amides is 2. The highest BCUT2D eigenvalue weighted by Gasteiger charge is 2.56. The number of nitrogens with zero attached hydrogens (tertiary/aromatic N) is 1. The Balaban J connectivity index is 1.22. The summed E-state index contributed by atoms with van der Waals surface area (Å²) in [5.41, 5.74) is 4.21. The number of benzene rings is 3. The molecule has 3 aromatic rings. The number of carbonyl (C=O) groups excluding carboxylic acids is 4.